The molecule has 1 saturated heterocycles. The average molecular weight is 636 g/mol. The van der Waals surface area contributed by atoms with Crippen molar-refractivity contribution in [1.82, 2.24) is 40.6 Å². The van der Waals surface area contributed by atoms with Crippen molar-refractivity contribution in [3.63, 3.8) is 0 Å². The maximum atomic E-state index is 13.3. The van der Waals surface area contributed by atoms with E-state index in [9.17, 15) is 9.59 Å². The van der Waals surface area contributed by atoms with E-state index in [1.54, 1.807) is 24.3 Å². The molecule has 0 saturated carbocycles. The molecule has 2 atom stereocenters. The first-order valence-electron chi connectivity index (χ1n) is 14.3. The molecule has 1 aliphatic heterocycles. The normalized spacial score (nSPS) is 15.9. The van der Waals surface area contributed by atoms with Gasteiger partial charge in [0.15, 0.2) is 5.15 Å². The smallest absolute Gasteiger partial charge is 0.309 e. The zero-order chi connectivity index (χ0) is 31.1. The van der Waals surface area contributed by atoms with E-state index in [2.05, 4.69) is 42.9 Å². The Morgan fingerprint density at radius 2 is 1.95 bits per heavy atom. The second-order valence-corrected chi connectivity index (χ2v) is 11.4. The third-order valence-corrected chi connectivity index (χ3v) is 8.18. The standard InChI is InChI=1S/C31H32Cl2N8O3/c1-3-40-13-12-21(18-40)14-26(35-29(42)11-8-23-16-24(32)9-10-28(23)41-19-34-38-39-41)27-17-25(31(33)37-36-27)22-6-4-20(5-7-22)15-30(43)44-2/h4-11,16-17,19,21,26H,3,12-15,18H2,1-2H3,(H,35,42)/b11-8+/t21?,26-/m0/s1. The molecule has 11 nitrogen and oxygen atoms in total. The van der Waals surface area contributed by atoms with Gasteiger partial charge in [-0.15, -0.1) is 10.2 Å². The number of likely N-dealkylation sites (tertiary alicyclic amines) is 1. The van der Waals surface area contributed by atoms with Crippen LogP contribution in [0.4, 0.5) is 0 Å². The summed E-state index contributed by atoms with van der Waals surface area (Å²) >= 11 is 12.8. The van der Waals surface area contributed by atoms with Crippen molar-refractivity contribution in [2.45, 2.75) is 32.2 Å². The lowest BCUT2D eigenvalue weighted by atomic mass is 9.95. The Kier molecular flexibility index (Phi) is 10.3. The number of aromatic nitrogens is 6. The van der Waals surface area contributed by atoms with Gasteiger partial charge in [-0.3, -0.25) is 9.59 Å². The van der Waals surface area contributed by atoms with E-state index in [0.29, 0.717) is 39.9 Å². The molecule has 1 fully saturated rings. The van der Waals surface area contributed by atoms with Crippen molar-refractivity contribution in [3.05, 3.63) is 87.9 Å². The number of carbonyl (C=O) groups excluding carboxylic acids is 2. The number of hydrogen-bond donors (Lipinski definition) is 1. The highest BCUT2D eigenvalue weighted by molar-refractivity contribution is 6.32. The fraction of sp³-hybridized carbons (Fsp3) is 0.323. The maximum absolute atomic E-state index is 13.3. The van der Waals surface area contributed by atoms with Crippen molar-refractivity contribution in [2.24, 2.45) is 5.92 Å². The summed E-state index contributed by atoms with van der Waals surface area (Å²) in [6.45, 7) is 5.10. The van der Waals surface area contributed by atoms with Gasteiger partial charge in [0.1, 0.15) is 6.33 Å². The first-order chi connectivity index (χ1) is 21.3. The minimum absolute atomic E-state index is 0.175. The first-order valence-corrected chi connectivity index (χ1v) is 15.0. The number of nitrogens with one attached hydrogen (secondary N) is 1. The quantitative estimate of drug-likeness (QED) is 0.184. The van der Waals surface area contributed by atoms with Crippen LogP contribution in [0.5, 0.6) is 0 Å². The van der Waals surface area contributed by atoms with Crippen LogP contribution >= 0.6 is 23.2 Å². The number of nitrogens with zero attached hydrogens (tertiary/aromatic N) is 7. The number of tetrazole rings is 1. The number of halogens is 2. The van der Waals surface area contributed by atoms with E-state index in [1.165, 1.54) is 24.2 Å². The molecule has 0 aliphatic carbocycles. The predicted octanol–water partition coefficient (Wildman–Crippen LogP) is 4.74. The van der Waals surface area contributed by atoms with Crippen LogP contribution in [0.3, 0.4) is 0 Å². The van der Waals surface area contributed by atoms with E-state index < -0.39 is 6.04 Å². The molecule has 13 heteroatoms. The number of ether oxygens (including phenoxy) is 1. The fourth-order valence-corrected chi connectivity index (χ4v) is 5.69. The van der Waals surface area contributed by atoms with E-state index in [0.717, 1.165) is 37.2 Å². The van der Waals surface area contributed by atoms with Crippen molar-refractivity contribution < 1.29 is 14.3 Å². The average Bonchev–Trinajstić information content (AvgIpc) is 3.73. The van der Waals surface area contributed by atoms with E-state index in [4.69, 9.17) is 27.9 Å². The topological polar surface area (TPSA) is 128 Å². The third kappa shape index (κ3) is 7.85. The molecular weight excluding hydrogens is 603 g/mol. The van der Waals surface area contributed by atoms with Crippen molar-refractivity contribution in [3.8, 4) is 16.8 Å². The van der Waals surface area contributed by atoms with Crippen LogP contribution in [0, 0.1) is 5.92 Å². The molecule has 0 spiro atoms. The van der Waals surface area contributed by atoms with Crippen LogP contribution in [0.2, 0.25) is 10.2 Å². The minimum atomic E-state index is -0.408. The summed E-state index contributed by atoms with van der Waals surface area (Å²) in [7, 11) is 1.36. The van der Waals surface area contributed by atoms with Gasteiger partial charge in [0.2, 0.25) is 5.91 Å². The van der Waals surface area contributed by atoms with Crippen LogP contribution in [-0.4, -0.2) is 73.9 Å². The molecule has 1 aliphatic rings. The number of hydrogen-bond acceptors (Lipinski definition) is 9. The lowest BCUT2D eigenvalue weighted by Crippen LogP contribution is -2.30. The molecule has 1 amide bonds. The maximum Gasteiger partial charge on any atom is 0.309 e. The van der Waals surface area contributed by atoms with Crippen molar-refractivity contribution in [1.29, 1.82) is 0 Å². The number of amides is 1. The molecule has 0 radical (unpaired) electrons. The zero-order valence-electron chi connectivity index (χ0n) is 24.4. The molecule has 4 aromatic rings. The van der Waals surface area contributed by atoms with Gasteiger partial charge in [0.05, 0.1) is 31.0 Å². The van der Waals surface area contributed by atoms with Gasteiger partial charge in [-0.25, -0.2) is 0 Å². The summed E-state index contributed by atoms with van der Waals surface area (Å²) in [6, 6.07) is 14.2. The van der Waals surface area contributed by atoms with Gasteiger partial charge in [0.25, 0.3) is 0 Å². The Morgan fingerprint density at radius 3 is 2.66 bits per heavy atom. The van der Waals surface area contributed by atoms with Gasteiger partial charge in [-0.2, -0.15) is 9.78 Å². The van der Waals surface area contributed by atoms with Gasteiger partial charge < -0.3 is 15.0 Å². The lowest BCUT2D eigenvalue weighted by Gasteiger charge is -2.22. The Hall–Kier alpha value is -4.19. The lowest BCUT2D eigenvalue weighted by molar-refractivity contribution is -0.139. The van der Waals surface area contributed by atoms with Gasteiger partial charge in [0, 0.05) is 28.8 Å². The number of esters is 1. The van der Waals surface area contributed by atoms with Crippen LogP contribution in [0.15, 0.2) is 60.9 Å². The number of rotatable bonds is 11. The molecule has 2 aromatic heterocycles. The largest absolute Gasteiger partial charge is 0.469 e. The second kappa shape index (κ2) is 14.5. The van der Waals surface area contributed by atoms with Crippen molar-refractivity contribution >= 4 is 41.2 Å². The minimum Gasteiger partial charge on any atom is -0.469 e. The summed E-state index contributed by atoms with van der Waals surface area (Å²) < 4.78 is 6.27. The highest BCUT2D eigenvalue weighted by Crippen LogP contribution is 2.32. The van der Waals surface area contributed by atoms with Crippen LogP contribution in [0.25, 0.3) is 22.9 Å². The molecule has 1 N–H and O–H groups in total. The molecule has 2 aromatic carbocycles. The summed E-state index contributed by atoms with van der Waals surface area (Å²) in [5.41, 5.74) is 4.28. The Balaban J connectivity index is 1.40. The molecule has 1 unspecified atom stereocenters. The zero-order valence-corrected chi connectivity index (χ0v) is 25.9. The van der Waals surface area contributed by atoms with Gasteiger partial charge in [-0.1, -0.05) is 54.4 Å². The highest BCUT2D eigenvalue weighted by Gasteiger charge is 2.27. The molecule has 3 heterocycles. The fourth-order valence-electron chi connectivity index (χ4n) is 5.31. The van der Waals surface area contributed by atoms with Gasteiger partial charge >= 0.3 is 5.97 Å². The second-order valence-electron chi connectivity index (χ2n) is 10.6. The SMILES string of the molecule is CCN1CCC(C[C@H](NC(=O)/C=C/c2cc(Cl)ccc2-n2cnnn2)c2cc(-c3ccc(CC(=O)OC)cc3)c(Cl)nn2)C1. The Morgan fingerprint density at radius 1 is 1.14 bits per heavy atom. The molecule has 44 heavy (non-hydrogen) atoms. The van der Waals surface area contributed by atoms with E-state index >= 15 is 0 Å². The number of benzene rings is 2. The summed E-state index contributed by atoms with van der Waals surface area (Å²) in [4.78, 5) is 27.4. The van der Waals surface area contributed by atoms with E-state index in [-0.39, 0.29) is 23.5 Å². The molecule has 0 bridgehead atoms. The highest BCUT2D eigenvalue weighted by atomic mass is 35.5. The van der Waals surface area contributed by atoms with Crippen LogP contribution in [-0.2, 0) is 20.7 Å². The third-order valence-electron chi connectivity index (χ3n) is 7.67. The van der Waals surface area contributed by atoms with Crippen LogP contribution < -0.4 is 5.32 Å². The molecule has 228 valence electrons. The van der Waals surface area contributed by atoms with E-state index in [1.807, 2.05) is 30.3 Å². The summed E-state index contributed by atoms with van der Waals surface area (Å²) in [5.74, 6) is -0.234. The molecular formula is C31H32Cl2N8O3. The summed E-state index contributed by atoms with van der Waals surface area (Å²) in [6.07, 6.45) is 6.51. The monoisotopic (exact) mass is 634 g/mol. The van der Waals surface area contributed by atoms with Crippen LogP contribution in [0.1, 0.15) is 42.6 Å². The Bertz CT molecular complexity index is 1630. The Labute approximate surface area is 265 Å². The molecule has 5 rings (SSSR count). The van der Waals surface area contributed by atoms with Crippen molar-refractivity contribution in [2.75, 3.05) is 26.7 Å². The number of methoxy groups -OCH3 is 1. The first kappa shape index (κ1) is 31.2. The number of carbonyl (C=O) groups is 2. The van der Waals surface area contributed by atoms with Gasteiger partial charge in [-0.05, 0) is 83.7 Å². The summed E-state index contributed by atoms with van der Waals surface area (Å²) in [5, 5.41) is 23.9. The predicted molar refractivity (Wildman–Crippen MR) is 167 cm³/mol.